The molecule has 1 aliphatic heterocycles. The van der Waals surface area contributed by atoms with Gasteiger partial charge in [0.05, 0.1) is 37.8 Å². The van der Waals surface area contributed by atoms with E-state index < -0.39 is 11.7 Å². The highest BCUT2D eigenvalue weighted by Gasteiger charge is 2.28. The normalized spacial score (nSPS) is 14.3. The maximum Gasteiger partial charge on any atom is 0.407 e. The van der Waals surface area contributed by atoms with Gasteiger partial charge >= 0.3 is 6.09 Å². The largest absolute Gasteiger partial charge is 0.491 e. The molecule has 3 aromatic rings. The van der Waals surface area contributed by atoms with Gasteiger partial charge in [0.15, 0.2) is 5.82 Å². The first-order chi connectivity index (χ1) is 21.2. The van der Waals surface area contributed by atoms with Gasteiger partial charge in [-0.1, -0.05) is 30.7 Å². The van der Waals surface area contributed by atoms with Crippen molar-refractivity contribution < 1.29 is 23.7 Å². The molecule has 1 atom stereocenters. The van der Waals surface area contributed by atoms with Gasteiger partial charge in [-0.05, 0) is 77.5 Å². The van der Waals surface area contributed by atoms with Crippen LogP contribution in [-0.2, 0) is 14.2 Å². The molecule has 1 aromatic heterocycles. The van der Waals surface area contributed by atoms with E-state index in [0.717, 1.165) is 53.7 Å². The molecule has 238 valence electrons. The van der Waals surface area contributed by atoms with Crippen LogP contribution in [0.3, 0.4) is 0 Å². The number of carbonyl (C=O) groups is 1. The Bertz CT molecular complexity index is 1400. The number of halogens is 1. The van der Waals surface area contributed by atoms with Crippen LogP contribution in [0, 0.1) is 6.92 Å². The molecule has 4 rings (SSSR count). The quantitative estimate of drug-likeness (QED) is 0.225. The van der Waals surface area contributed by atoms with E-state index in [9.17, 15) is 4.79 Å². The fourth-order valence-corrected chi connectivity index (χ4v) is 4.82. The number of benzene rings is 2. The summed E-state index contributed by atoms with van der Waals surface area (Å²) in [4.78, 5) is 16.9. The lowest BCUT2D eigenvalue weighted by atomic mass is 10.00. The Morgan fingerprint density at radius 1 is 0.977 bits per heavy atom. The van der Waals surface area contributed by atoms with E-state index in [2.05, 4.69) is 32.3 Å². The Balaban J connectivity index is 1.37. The molecule has 1 aliphatic rings. The number of aliphatic imine (C=N–C) groups is 1. The second-order valence-corrected chi connectivity index (χ2v) is 11.7. The summed E-state index contributed by atoms with van der Waals surface area (Å²) in [6.45, 7) is 13.5. The van der Waals surface area contributed by atoms with E-state index in [1.165, 1.54) is 0 Å². The van der Waals surface area contributed by atoms with Crippen LogP contribution in [0.15, 0.2) is 47.5 Å². The monoisotopic (exact) mass is 626 g/mol. The molecule has 0 saturated heterocycles. The third-order valence-electron chi connectivity index (χ3n) is 6.64. The molecule has 0 saturated carbocycles. The Labute approximate surface area is 264 Å². The fraction of sp³-hybridized carbons (Fsp3) is 0.500. The van der Waals surface area contributed by atoms with Crippen molar-refractivity contribution in [1.29, 1.82) is 0 Å². The van der Waals surface area contributed by atoms with Crippen molar-refractivity contribution in [3.63, 3.8) is 0 Å². The lowest BCUT2D eigenvalue weighted by Crippen LogP contribution is -2.34. The number of rotatable bonds is 15. The number of alkyl carbamates (subject to hydrolysis) is 1. The number of hydrogen-bond acceptors (Lipinski definition) is 9. The van der Waals surface area contributed by atoms with Crippen molar-refractivity contribution >= 4 is 23.4 Å². The van der Waals surface area contributed by atoms with E-state index in [1.807, 2.05) is 70.2 Å². The number of amides is 1. The number of aromatic nitrogens is 3. The molecule has 0 fully saturated rings. The predicted molar refractivity (Wildman–Crippen MR) is 170 cm³/mol. The van der Waals surface area contributed by atoms with Crippen LogP contribution in [0.4, 0.5) is 4.79 Å². The number of hydrogen-bond donors (Lipinski definition) is 2. The number of nitrogens with one attached hydrogen (secondary N) is 2. The molecule has 2 aromatic carbocycles. The number of carbonyl (C=O) groups excluding carboxylic acids is 1. The highest BCUT2D eigenvalue weighted by Crippen LogP contribution is 2.34. The van der Waals surface area contributed by atoms with Gasteiger partial charge in [-0.25, -0.2) is 4.79 Å². The van der Waals surface area contributed by atoms with Gasteiger partial charge in [0, 0.05) is 22.7 Å². The third kappa shape index (κ3) is 9.49. The molecule has 1 amide bonds. The molecule has 2 heterocycles. The van der Waals surface area contributed by atoms with Crippen molar-refractivity contribution in [2.24, 2.45) is 4.99 Å². The SMILES string of the molecule is CCNCCC1N=C(c2ccc(Cl)cc2)c2cc(OCCOCCOCCNC(=O)OC(C)(C)C)ccc2-n2c(C)nnc21. The summed E-state index contributed by atoms with van der Waals surface area (Å²) in [7, 11) is 0. The van der Waals surface area contributed by atoms with Crippen LogP contribution in [0.2, 0.25) is 5.02 Å². The lowest BCUT2D eigenvalue weighted by molar-refractivity contribution is 0.0327. The maximum atomic E-state index is 11.7. The summed E-state index contributed by atoms with van der Waals surface area (Å²) in [6.07, 6.45) is 0.321. The molecular weight excluding hydrogens is 584 g/mol. The summed E-state index contributed by atoms with van der Waals surface area (Å²) < 4.78 is 24.5. The van der Waals surface area contributed by atoms with Crippen LogP contribution in [0.1, 0.15) is 62.9 Å². The van der Waals surface area contributed by atoms with Crippen molar-refractivity contribution in [2.75, 3.05) is 52.7 Å². The van der Waals surface area contributed by atoms with Gasteiger partial charge in [-0.3, -0.25) is 9.56 Å². The van der Waals surface area contributed by atoms with Crippen molar-refractivity contribution in [2.45, 2.75) is 52.7 Å². The highest BCUT2D eigenvalue weighted by atomic mass is 35.5. The van der Waals surface area contributed by atoms with Crippen LogP contribution in [-0.4, -0.2) is 84.8 Å². The van der Waals surface area contributed by atoms with E-state index in [-0.39, 0.29) is 6.04 Å². The van der Waals surface area contributed by atoms with Gasteiger partial charge in [0.25, 0.3) is 0 Å². The highest BCUT2D eigenvalue weighted by molar-refractivity contribution is 6.30. The Kier molecular flexibility index (Phi) is 12.1. The zero-order valence-electron chi connectivity index (χ0n) is 26.2. The van der Waals surface area contributed by atoms with Crippen molar-refractivity contribution in [3.8, 4) is 11.4 Å². The van der Waals surface area contributed by atoms with Gasteiger partial charge in [0.2, 0.25) is 0 Å². The minimum Gasteiger partial charge on any atom is -0.491 e. The Hall–Kier alpha value is -3.51. The van der Waals surface area contributed by atoms with Gasteiger partial charge in [-0.2, -0.15) is 0 Å². The van der Waals surface area contributed by atoms with Crippen LogP contribution < -0.4 is 15.4 Å². The Morgan fingerprint density at radius 3 is 2.43 bits per heavy atom. The van der Waals surface area contributed by atoms with Crippen LogP contribution >= 0.6 is 11.6 Å². The molecule has 0 spiro atoms. The molecule has 12 heteroatoms. The van der Waals surface area contributed by atoms with Gasteiger partial charge in [-0.15, -0.1) is 10.2 Å². The average molecular weight is 627 g/mol. The Morgan fingerprint density at radius 2 is 1.70 bits per heavy atom. The molecule has 0 bridgehead atoms. The molecular formula is C32H43ClN6O5. The topological polar surface area (TPSA) is 121 Å². The predicted octanol–water partition coefficient (Wildman–Crippen LogP) is 5.06. The lowest BCUT2D eigenvalue weighted by Gasteiger charge is -2.19. The number of aryl methyl sites for hydroxylation is 1. The second kappa shape index (κ2) is 16.0. The maximum absolute atomic E-state index is 11.7. The summed E-state index contributed by atoms with van der Waals surface area (Å²) in [5, 5.41) is 15.7. The zero-order valence-corrected chi connectivity index (χ0v) is 26.9. The molecule has 0 radical (unpaired) electrons. The molecule has 2 N–H and O–H groups in total. The van der Waals surface area contributed by atoms with E-state index >= 15 is 0 Å². The first kappa shape index (κ1) is 33.4. The number of nitrogens with zero attached hydrogens (tertiary/aromatic N) is 4. The van der Waals surface area contributed by atoms with Crippen molar-refractivity contribution in [3.05, 3.63) is 70.3 Å². The van der Waals surface area contributed by atoms with Crippen molar-refractivity contribution in [1.82, 2.24) is 25.4 Å². The first-order valence-electron chi connectivity index (χ1n) is 15.0. The van der Waals surface area contributed by atoms with Crippen LogP contribution in [0.5, 0.6) is 5.75 Å². The summed E-state index contributed by atoms with van der Waals surface area (Å²) >= 11 is 6.22. The standard InChI is InChI=1S/C32H43ClN6O5/c1-6-34-14-13-27-30-38-37-22(2)39(30)28-12-11-25(21-26(28)29(36-27)23-7-9-24(33)10-8-23)43-20-19-42-18-17-41-16-15-35-31(40)44-32(3,4)5/h7-12,21,27,34H,6,13-20H2,1-5H3,(H,35,40). The molecule has 0 aliphatic carbocycles. The summed E-state index contributed by atoms with van der Waals surface area (Å²) in [5.74, 6) is 2.32. The minimum absolute atomic E-state index is 0.179. The zero-order chi connectivity index (χ0) is 31.5. The fourth-order valence-electron chi connectivity index (χ4n) is 4.69. The van der Waals surface area contributed by atoms with E-state index in [0.29, 0.717) is 50.4 Å². The summed E-state index contributed by atoms with van der Waals surface area (Å²) in [6, 6.07) is 13.5. The van der Waals surface area contributed by atoms with Gasteiger partial charge < -0.3 is 29.6 Å². The number of ether oxygens (including phenoxy) is 4. The van der Waals surface area contributed by atoms with Gasteiger partial charge in [0.1, 0.15) is 29.8 Å². The second-order valence-electron chi connectivity index (χ2n) is 11.3. The smallest absolute Gasteiger partial charge is 0.407 e. The average Bonchev–Trinajstić information content (AvgIpc) is 3.29. The first-order valence-corrected chi connectivity index (χ1v) is 15.4. The third-order valence-corrected chi connectivity index (χ3v) is 6.89. The summed E-state index contributed by atoms with van der Waals surface area (Å²) in [5.41, 5.74) is 3.16. The minimum atomic E-state index is -0.527. The van der Waals surface area contributed by atoms with E-state index in [4.69, 9.17) is 35.5 Å². The van der Waals surface area contributed by atoms with E-state index in [1.54, 1.807) is 0 Å². The van der Waals surface area contributed by atoms with Crippen LogP contribution in [0.25, 0.3) is 5.69 Å². The molecule has 1 unspecified atom stereocenters. The number of fused-ring (bicyclic) bond motifs is 3. The molecule has 11 nitrogen and oxygen atoms in total. The molecule has 44 heavy (non-hydrogen) atoms.